The van der Waals surface area contributed by atoms with Crippen molar-refractivity contribution in [3.8, 4) is 0 Å². The Bertz CT molecular complexity index is 609. The average molecular weight is 303 g/mol. The summed E-state index contributed by atoms with van der Waals surface area (Å²) in [5, 5.41) is 0. The molecule has 1 aromatic carbocycles. The summed E-state index contributed by atoms with van der Waals surface area (Å²) in [5.41, 5.74) is 10.0. The number of benzene rings is 1. The fourth-order valence-corrected chi connectivity index (χ4v) is 4.36. The maximum Gasteiger partial charge on any atom is 0.123 e. The van der Waals surface area contributed by atoms with Gasteiger partial charge in [0.15, 0.2) is 0 Å². The molecule has 2 aromatic rings. The van der Waals surface area contributed by atoms with Crippen LogP contribution >= 0.6 is 11.3 Å². The van der Waals surface area contributed by atoms with Gasteiger partial charge in [0.05, 0.1) is 0 Å². The van der Waals surface area contributed by atoms with Crippen molar-refractivity contribution in [2.45, 2.75) is 51.5 Å². The first kappa shape index (κ1) is 14.7. The number of hydrogen-bond donors (Lipinski definition) is 1. The number of hydrogen-bond acceptors (Lipinski definition) is 2. The minimum absolute atomic E-state index is 0.0195. The second-order valence-corrected chi connectivity index (χ2v) is 7.21. The summed E-state index contributed by atoms with van der Waals surface area (Å²) < 4.78 is 13.2. The lowest BCUT2D eigenvalue weighted by atomic mass is 10.00. The molecule has 3 heteroatoms. The van der Waals surface area contributed by atoms with E-state index in [0.29, 0.717) is 0 Å². The van der Waals surface area contributed by atoms with Gasteiger partial charge in [-0.05, 0) is 73.9 Å². The molecule has 0 saturated carbocycles. The standard InChI is InChI=1S/C18H22FNS/c1-12-9-15(19)8-7-13(12)10-16(20)18-11-14-5-3-2-4-6-17(14)21-18/h7-9,11,16H,2-6,10,20H2,1H3. The smallest absolute Gasteiger partial charge is 0.123 e. The zero-order valence-electron chi connectivity index (χ0n) is 12.5. The van der Waals surface area contributed by atoms with Gasteiger partial charge >= 0.3 is 0 Å². The Morgan fingerprint density at radius 3 is 2.81 bits per heavy atom. The van der Waals surface area contributed by atoms with Crippen molar-refractivity contribution in [3.05, 3.63) is 56.5 Å². The van der Waals surface area contributed by atoms with E-state index in [1.807, 2.05) is 24.3 Å². The van der Waals surface area contributed by atoms with E-state index in [0.717, 1.165) is 17.5 Å². The summed E-state index contributed by atoms with van der Waals surface area (Å²) in [4.78, 5) is 2.82. The van der Waals surface area contributed by atoms with Gasteiger partial charge < -0.3 is 5.73 Å². The predicted octanol–water partition coefficient (Wildman–Crippen LogP) is 4.71. The normalized spacial score (nSPS) is 16.3. The largest absolute Gasteiger partial charge is 0.323 e. The summed E-state index contributed by atoms with van der Waals surface area (Å²) in [7, 11) is 0. The van der Waals surface area contributed by atoms with Crippen LogP contribution in [-0.4, -0.2) is 0 Å². The van der Waals surface area contributed by atoms with Crippen molar-refractivity contribution in [1.82, 2.24) is 0 Å². The fourth-order valence-electron chi connectivity index (χ4n) is 3.10. The molecule has 1 aliphatic carbocycles. The molecule has 0 bridgehead atoms. The molecule has 0 fully saturated rings. The lowest BCUT2D eigenvalue weighted by Gasteiger charge is -2.12. The highest BCUT2D eigenvalue weighted by Gasteiger charge is 2.17. The highest BCUT2D eigenvalue weighted by molar-refractivity contribution is 7.12. The second-order valence-electron chi connectivity index (χ2n) is 6.04. The van der Waals surface area contributed by atoms with E-state index in [9.17, 15) is 4.39 Å². The highest BCUT2D eigenvalue weighted by Crippen LogP contribution is 2.33. The van der Waals surface area contributed by atoms with Gasteiger partial charge in [0.2, 0.25) is 0 Å². The fraction of sp³-hybridized carbons (Fsp3) is 0.444. The Balaban J connectivity index is 1.77. The average Bonchev–Trinajstić information content (AvgIpc) is 2.73. The first-order valence-corrected chi connectivity index (χ1v) is 8.57. The predicted molar refractivity (Wildman–Crippen MR) is 87.3 cm³/mol. The van der Waals surface area contributed by atoms with Crippen molar-refractivity contribution < 1.29 is 4.39 Å². The molecule has 1 atom stereocenters. The van der Waals surface area contributed by atoms with Crippen molar-refractivity contribution >= 4 is 11.3 Å². The van der Waals surface area contributed by atoms with Gasteiger partial charge in [0, 0.05) is 15.8 Å². The summed E-state index contributed by atoms with van der Waals surface area (Å²) in [6, 6.07) is 7.31. The third-order valence-electron chi connectivity index (χ3n) is 4.38. The molecule has 1 nitrogen and oxygen atoms in total. The van der Waals surface area contributed by atoms with Gasteiger partial charge in [0.1, 0.15) is 5.82 Å². The van der Waals surface area contributed by atoms with Crippen molar-refractivity contribution in [1.29, 1.82) is 0 Å². The van der Waals surface area contributed by atoms with Crippen LogP contribution in [0.2, 0.25) is 0 Å². The monoisotopic (exact) mass is 303 g/mol. The lowest BCUT2D eigenvalue weighted by Crippen LogP contribution is -2.12. The van der Waals surface area contributed by atoms with Crippen LogP contribution in [0.1, 0.15) is 51.7 Å². The van der Waals surface area contributed by atoms with E-state index in [4.69, 9.17) is 5.73 Å². The lowest BCUT2D eigenvalue weighted by molar-refractivity contribution is 0.624. The minimum atomic E-state index is -0.173. The molecular weight excluding hydrogens is 281 g/mol. The molecule has 1 unspecified atom stereocenters. The van der Waals surface area contributed by atoms with Crippen molar-refractivity contribution in [2.24, 2.45) is 5.73 Å². The molecule has 2 N–H and O–H groups in total. The topological polar surface area (TPSA) is 26.0 Å². The van der Waals surface area contributed by atoms with Gasteiger partial charge in [-0.3, -0.25) is 0 Å². The molecule has 0 aliphatic heterocycles. The van der Waals surface area contributed by atoms with Crippen LogP contribution in [0.15, 0.2) is 24.3 Å². The van der Waals surface area contributed by atoms with Gasteiger partial charge in [-0.2, -0.15) is 0 Å². The zero-order chi connectivity index (χ0) is 14.8. The number of thiophene rings is 1. The first-order valence-electron chi connectivity index (χ1n) is 7.75. The number of fused-ring (bicyclic) bond motifs is 1. The molecule has 0 amide bonds. The Labute approximate surface area is 130 Å². The summed E-state index contributed by atoms with van der Waals surface area (Å²) >= 11 is 1.89. The maximum atomic E-state index is 13.2. The van der Waals surface area contributed by atoms with E-state index in [1.165, 1.54) is 53.5 Å². The highest BCUT2D eigenvalue weighted by atomic mass is 32.1. The molecule has 0 spiro atoms. The Morgan fingerprint density at radius 1 is 1.19 bits per heavy atom. The van der Waals surface area contributed by atoms with Gasteiger partial charge in [-0.15, -0.1) is 11.3 Å². The van der Waals surface area contributed by atoms with E-state index in [1.54, 1.807) is 6.07 Å². The number of halogens is 1. The first-order chi connectivity index (χ1) is 10.1. The molecule has 3 rings (SSSR count). The van der Waals surface area contributed by atoms with E-state index in [-0.39, 0.29) is 11.9 Å². The van der Waals surface area contributed by atoms with E-state index < -0.39 is 0 Å². The third-order valence-corrected chi connectivity index (χ3v) is 5.74. The quantitative estimate of drug-likeness (QED) is 0.817. The molecule has 1 aliphatic rings. The van der Waals surface area contributed by atoms with Gasteiger partial charge in [0.25, 0.3) is 0 Å². The summed E-state index contributed by atoms with van der Waals surface area (Å²) in [6.45, 7) is 1.95. The molecule has 21 heavy (non-hydrogen) atoms. The van der Waals surface area contributed by atoms with Crippen LogP contribution in [0.4, 0.5) is 4.39 Å². The van der Waals surface area contributed by atoms with Crippen molar-refractivity contribution in [2.75, 3.05) is 0 Å². The molecular formula is C18H22FNS. The van der Waals surface area contributed by atoms with Crippen LogP contribution in [0, 0.1) is 12.7 Å². The number of nitrogens with two attached hydrogens (primary N) is 1. The van der Waals surface area contributed by atoms with Crippen LogP contribution in [-0.2, 0) is 19.3 Å². The summed E-state index contributed by atoms with van der Waals surface area (Å²) in [6.07, 6.45) is 7.15. The van der Waals surface area contributed by atoms with Crippen LogP contribution in [0.3, 0.4) is 0 Å². The van der Waals surface area contributed by atoms with Crippen LogP contribution < -0.4 is 5.73 Å². The second kappa shape index (κ2) is 6.29. The zero-order valence-corrected chi connectivity index (χ0v) is 13.3. The van der Waals surface area contributed by atoms with Crippen LogP contribution in [0.25, 0.3) is 0 Å². The van der Waals surface area contributed by atoms with Gasteiger partial charge in [-0.1, -0.05) is 12.5 Å². The number of aryl methyl sites for hydroxylation is 3. The maximum absolute atomic E-state index is 13.2. The minimum Gasteiger partial charge on any atom is -0.323 e. The number of rotatable bonds is 3. The third kappa shape index (κ3) is 3.35. The van der Waals surface area contributed by atoms with E-state index in [2.05, 4.69) is 6.07 Å². The molecule has 1 aromatic heterocycles. The SMILES string of the molecule is Cc1cc(F)ccc1CC(N)c1cc2c(s1)CCCCC2. The molecule has 0 radical (unpaired) electrons. The molecule has 0 saturated heterocycles. The molecule has 112 valence electrons. The molecule has 1 heterocycles. The van der Waals surface area contributed by atoms with Gasteiger partial charge in [-0.25, -0.2) is 4.39 Å². The van der Waals surface area contributed by atoms with Crippen LogP contribution in [0.5, 0.6) is 0 Å². The Morgan fingerprint density at radius 2 is 2.00 bits per heavy atom. The van der Waals surface area contributed by atoms with Crippen molar-refractivity contribution in [3.63, 3.8) is 0 Å². The Kier molecular flexibility index (Phi) is 4.41. The van der Waals surface area contributed by atoms with E-state index >= 15 is 0 Å². The Hall–Kier alpha value is -1.19. The summed E-state index contributed by atoms with van der Waals surface area (Å²) in [5.74, 6) is -0.173.